The van der Waals surface area contributed by atoms with E-state index in [1.807, 2.05) is 13.1 Å². The third-order valence-electron chi connectivity index (χ3n) is 2.47. The lowest BCUT2D eigenvalue weighted by Gasteiger charge is -2.17. The van der Waals surface area contributed by atoms with Gasteiger partial charge in [0.25, 0.3) is 0 Å². The van der Waals surface area contributed by atoms with Crippen molar-refractivity contribution in [2.24, 2.45) is 0 Å². The molecule has 0 heterocycles. The summed E-state index contributed by atoms with van der Waals surface area (Å²) >= 11 is 11.9. The number of benzene rings is 1. The quantitative estimate of drug-likeness (QED) is 0.875. The zero-order valence-electron chi connectivity index (χ0n) is 9.39. The van der Waals surface area contributed by atoms with Gasteiger partial charge in [-0.15, -0.1) is 0 Å². The van der Waals surface area contributed by atoms with E-state index in [4.69, 9.17) is 23.2 Å². The van der Waals surface area contributed by atoms with Crippen LogP contribution in [0.3, 0.4) is 0 Å². The highest BCUT2D eigenvalue weighted by molar-refractivity contribution is 6.35. The molecule has 0 aromatic heterocycles. The van der Waals surface area contributed by atoms with E-state index in [-0.39, 0.29) is 11.8 Å². The van der Waals surface area contributed by atoms with Gasteiger partial charge >= 0.3 is 0 Å². The van der Waals surface area contributed by atoms with E-state index in [1.54, 1.807) is 19.1 Å². The molecule has 0 bridgehead atoms. The van der Waals surface area contributed by atoms with E-state index in [2.05, 4.69) is 5.32 Å². The molecule has 1 aromatic carbocycles. The van der Waals surface area contributed by atoms with Crippen molar-refractivity contribution < 1.29 is 4.79 Å². The summed E-state index contributed by atoms with van der Waals surface area (Å²) in [6.45, 7) is 1.59. The molecule has 1 atom stereocenters. The number of Topliss-reactive ketones (excluding diaryl/α,β-unsaturated/α-hetero) is 1. The summed E-state index contributed by atoms with van der Waals surface area (Å²) < 4.78 is 0. The summed E-state index contributed by atoms with van der Waals surface area (Å²) in [5.41, 5.74) is 0.981. The molecule has 0 saturated carbocycles. The minimum Gasteiger partial charge on any atom is -0.313 e. The maximum Gasteiger partial charge on any atom is 0.129 e. The second-order valence-electron chi connectivity index (χ2n) is 3.75. The summed E-state index contributed by atoms with van der Waals surface area (Å²) in [6, 6.07) is 5.51. The predicted molar refractivity (Wildman–Crippen MR) is 68.2 cm³/mol. The highest BCUT2D eigenvalue weighted by atomic mass is 35.5. The number of halogens is 2. The molecule has 88 valence electrons. The summed E-state index contributed by atoms with van der Waals surface area (Å²) in [5, 5.41) is 4.41. The van der Waals surface area contributed by atoms with Gasteiger partial charge in [0.05, 0.1) is 0 Å². The van der Waals surface area contributed by atoms with E-state index in [0.717, 1.165) is 12.0 Å². The Labute approximate surface area is 106 Å². The first kappa shape index (κ1) is 13.5. The third kappa shape index (κ3) is 3.78. The van der Waals surface area contributed by atoms with Crippen molar-refractivity contribution in [3.63, 3.8) is 0 Å². The van der Waals surface area contributed by atoms with Gasteiger partial charge in [-0.25, -0.2) is 0 Å². The maximum atomic E-state index is 11.0. The minimum absolute atomic E-state index is 0.0914. The van der Waals surface area contributed by atoms with Gasteiger partial charge in [0.1, 0.15) is 5.78 Å². The number of nitrogens with one attached hydrogen (secondary N) is 1. The van der Waals surface area contributed by atoms with Crippen LogP contribution < -0.4 is 5.32 Å². The molecule has 0 radical (unpaired) electrons. The maximum absolute atomic E-state index is 11.0. The van der Waals surface area contributed by atoms with Gasteiger partial charge in [0.2, 0.25) is 0 Å². The molecule has 0 spiro atoms. The Morgan fingerprint density at radius 3 is 2.62 bits per heavy atom. The Kier molecular flexibility index (Phi) is 5.26. The monoisotopic (exact) mass is 259 g/mol. The lowest BCUT2D eigenvalue weighted by Crippen LogP contribution is -2.17. The molecule has 1 N–H and O–H groups in total. The van der Waals surface area contributed by atoms with Gasteiger partial charge < -0.3 is 10.1 Å². The number of carbonyl (C=O) groups is 1. The predicted octanol–water partition coefficient (Wildman–Crippen LogP) is 3.62. The molecular weight excluding hydrogens is 245 g/mol. The van der Waals surface area contributed by atoms with Crippen LogP contribution in [0.25, 0.3) is 0 Å². The number of rotatable bonds is 5. The average molecular weight is 260 g/mol. The fourth-order valence-electron chi connectivity index (χ4n) is 1.59. The standard InChI is InChI=1S/C12H15Cl2NO/c1-8(16)3-6-12(15-2)10-5-4-9(13)7-11(10)14/h4-5,7,12,15H,3,6H2,1-2H3. The third-order valence-corrected chi connectivity index (χ3v) is 3.03. The van der Waals surface area contributed by atoms with Crippen molar-refractivity contribution >= 4 is 29.0 Å². The van der Waals surface area contributed by atoms with Gasteiger partial charge in [-0.05, 0) is 38.1 Å². The van der Waals surface area contributed by atoms with Gasteiger partial charge in [-0.2, -0.15) is 0 Å². The molecule has 0 aliphatic heterocycles. The van der Waals surface area contributed by atoms with Crippen molar-refractivity contribution in [3.8, 4) is 0 Å². The first-order valence-corrected chi connectivity index (χ1v) is 5.92. The molecular formula is C12H15Cl2NO. The van der Waals surface area contributed by atoms with Crippen LogP contribution in [0.1, 0.15) is 31.4 Å². The van der Waals surface area contributed by atoms with E-state index >= 15 is 0 Å². The first-order chi connectivity index (χ1) is 7.54. The van der Waals surface area contributed by atoms with Crippen molar-refractivity contribution in [2.45, 2.75) is 25.8 Å². The van der Waals surface area contributed by atoms with Crippen LogP contribution in [0.2, 0.25) is 10.0 Å². The van der Waals surface area contributed by atoms with Crippen molar-refractivity contribution in [1.29, 1.82) is 0 Å². The Bertz CT molecular complexity index is 379. The minimum atomic E-state index is 0.0914. The Morgan fingerprint density at radius 2 is 2.12 bits per heavy atom. The van der Waals surface area contributed by atoms with Gasteiger partial charge in [-0.1, -0.05) is 29.3 Å². The van der Waals surface area contributed by atoms with Crippen LogP contribution in [-0.4, -0.2) is 12.8 Å². The molecule has 16 heavy (non-hydrogen) atoms. The fourth-order valence-corrected chi connectivity index (χ4v) is 2.13. The second kappa shape index (κ2) is 6.24. The van der Waals surface area contributed by atoms with Gasteiger partial charge in [-0.3, -0.25) is 0 Å². The first-order valence-electron chi connectivity index (χ1n) is 5.16. The van der Waals surface area contributed by atoms with Gasteiger partial charge in [0, 0.05) is 22.5 Å². The molecule has 1 rings (SSSR count). The lowest BCUT2D eigenvalue weighted by atomic mass is 10.0. The van der Waals surface area contributed by atoms with Crippen LogP contribution in [0.5, 0.6) is 0 Å². The summed E-state index contributed by atoms with van der Waals surface area (Å²) in [5.74, 6) is 0.185. The Balaban J connectivity index is 2.82. The molecule has 2 nitrogen and oxygen atoms in total. The lowest BCUT2D eigenvalue weighted by molar-refractivity contribution is -0.117. The SMILES string of the molecule is CNC(CCC(C)=O)c1ccc(Cl)cc1Cl. The topological polar surface area (TPSA) is 29.1 Å². The molecule has 4 heteroatoms. The number of ketones is 1. The van der Waals surface area contributed by atoms with Crippen molar-refractivity contribution in [3.05, 3.63) is 33.8 Å². The zero-order chi connectivity index (χ0) is 12.1. The van der Waals surface area contributed by atoms with Crippen LogP contribution >= 0.6 is 23.2 Å². The highest BCUT2D eigenvalue weighted by Gasteiger charge is 2.13. The van der Waals surface area contributed by atoms with Crippen molar-refractivity contribution in [2.75, 3.05) is 7.05 Å². The smallest absolute Gasteiger partial charge is 0.129 e. The van der Waals surface area contributed by atoms with E-state index in [9.17, 15) is 4.79 Å². The largest absolute Gasteiger partial charge is 0.313 e. The van der Waals surface area contributed by atoms with Crippen molar-refractivity contribution in [1.82, 2.24) is 5.32 Å². The molecule has 0 amide bonds. The molecule has 1 aromatic rings. The molecule has 0 aliphatic carbocycles. The van der Waals surface area contributed by atoms with Gasteiger partial charge in [0.15, 0.2) is 0 Å². The van der Waals surface area contributed by atoms with Crippen LogP contribution in [0.15, 0.2) is 18.2 Å². The zero-order valence-corrected chi connectivity index (χ0v) is 10.9. The Morgan fingerprint density at radius 1 is 1.44 bits per heavy atom. The number of hydrogen-bond acceptors (Lipinski definition) is 2. The molecule has 1 unspecified atom stereocenters. The number of hydrogen-bond donors (Lipinski definition) is 1. The van der Waals surface area contributed by atoms with Crippen LogP contribution in [-0.2, 0) is 4.79 Å². The molecule has 0 saturated heterocycles. The van der Waals surface area contributed by atoms with Crippen LogP contribution in [0, 0.1) is 0 Å². The average Bonchev–Trinajstić information content (AvgIpc) is 2.21. The Hall–Kier alpha value is -0.570. The molecule has 0 aliphatic rings. The highest BCUT2D eigenvalue weighted by Crippen LogP contribution is 2.28. The van der Waals surface area contributed by atoms with E-state index in [1.165, 1.54) is 0 Å². The van der Waals surface area contributed by atoms with E-state index < -0.39 is 0 Å². The van der Waals surface area contributed by atoms with Crippen LogP contribution in [0.4, 0.5) is 0 Å². The summed E-state index contributed by atoms with van der Waals surface area (Å²) in [6.07, 6.45) is 1.29. The summed E-state index contributed by atoms with van der Waals surface area (Å²) in [4.78, 5) is 11.0. The molecule has 0 fully saturated rings. The number of carbonyl (C=O) groups excluding carboxylic acids is 1. The fraction of sp³-hybridized carbons (Fsp3) is 0.417. The normalized spacial score (nSPS) is 12.5. The summed E-state index contributed by atoms with van der Waals surface area (Å²) in [7, 11) is 1.86. The van der Waals surface area contributed by atoms with E-state index in [0.29, 0.717) is 16.5 Å². The second-order valence-corrected chi connectivity index (χ2v) is 4.59.